The smallest absolute Gasteiger partial charge is 0.249 e. The Balaban J connectivity index is 1.56. The highest BCUT2D eigenvalue weighted by atomic mass is 16.5. The van der Waals surface area contributed by atoms with Crippen LogP contribution in [0.4, 0.5) is 5.69 Å². The van der Waals surface area contributed by atoms with E-state index in [1.807, 2.05) is 73.7 Å². The Bertz CT molecular complexity index is 1620. The van der Waals surface area contributed by atoms with E-state index in [-0.39, 0.29) is 18.4 Å². The molecule has 0 saturated carbocycles. The Morgan fingerprint density at radius 1 is 0.902 bits per heavy atom. The van der Waals surface area contributed by atoms with Gasteiger partial charge in [-0.1, -0.05) is 65.9 Å². The number of hydrogen-bond donors (Lipinski definition) is 1. The Kier molecular flexibility index (Phi) is 8.54. The Hall–Kier alpha value is -5.18. The molecule has 0 aliphatic carbocycles. The van der Waals surface area contributed by atoms with Crippen molar-refractivity contribution in [1.82, 2.24) is 20.3 Å². The van der Waals surface area contributed by atoms with Crippen LogP contribution in [0, 0.1) is 0 Å². The molecule has 0 aliphatic heterocycles. The van der Waals surface area contributed by atoms with Crippen molar-refractivity contribution < 1.29 is 19.1 Å². The predicted molar refractivity (Wildman–Crippen MR) is 157 cm³/mol. The molecule has 0 spiro atoms. The standard InChI is InChI=1S/C32H31N5O4/c1-3-41-26-18-16-24(17-19-26)31(32(39)33-21-23-10-5-4-6-11-23)37(25-12-9-13-27(20-25)40-2)30(38)22-36-29-15-8-7-14-28(29)34-35-36/h4-20,31H,3,21-22H2,1-2H3,(H,33,39)/t31-/m0/s1. The van der Waals surface area contributed by atoms with Crippen LogP contribution in [0.25, 0.3) is 11.0 Å². The number of anilines is 1. The van der Waals surface area contributed by atoms with E-state index >= 15 is 0 Å². The van der Waals surface area contributed by atoms with Crippen LogP contribution < -0.4 is 19.7 Å². The van der Waals surface area contributed by atoms with Gasteiger partial charge >= 0.3 is 0 Å². The third-order valence-corrected chi connectivity index (χ3v) is 6.63. The molecule has 0 fully saturated rings. The molecular formula is C32H31N5O4. The van der Waals surface area contributed by atoms with Crippen LogP contribution in [0.3, 0.4) is 0 Å². The topological polar surface area (TPSA) is 98.6 Å². The van der Waals surface area contributed by atoms with Crippen molar-refractivity contribution >= 4 is 28.5 Å². The number of nitrogens with one attached hydrogen (secondary N) is 1. The van der Waals surface area contributed by atoms with Gasteiger partial charge in [-0.25, -0.2) is 4.68 Å². The van der Waals surface area contributed by atoms with Gasteiger partial charge in [0.1, 0.15) is 29.6 Å². The summed E-state index contributed by atoms with van der Waals surface area (Å²) < 4.78 is 12.6. The summed E-state index contributed by atoms with van der Waals surface area (Å²) in [6.07, 6.45) is 0. The quantitative estimate of drug-likeness (QED) is 0.251. The largest absolute Gasteiger partial charge is 0.497 e. The maximum Gasteiger partial charge on any atom is 0.249 e. The summed E-state index contributed by atoms with van der Waals surface area (Å²) in [6, 6.07) is 30.4. The third kappa shape index (κ3) is 6.36. The van der Waals surface area contributed by atoms with Crippen LogP contribution in [0.15, 0.2) is 103 Å². The molecule has 0 bridgehead atoms. The molecule has 0 aliphatic rings. The second kappa shape index (κ2) is 12.8. The van der Waals surface area contributed by atoms with Crippen molar-refractivity contribution in [3.05, 3.63) is 114 Å². The van der Waals surface area contributed by atoms with Crippen molar-refractivity contribution in [2.45, 2.75) is 26.1 Å². The number of methoxy groups -OCH3 is 1. The van der Waals surface area contributed by atoms with Gasteiger partial charge in [-0.05, 0) is 54.4 Å². The number of hydrogen-bond acceptors (Lipinski definition) is 6. The minimum atomic E-state index is -0.996. The summed E-state index contributed by atoms with van der Waals surface area (Å²) in [5.74, 6) is 0.551. The number of rotatable bonds is 11. The molecule has 9 heteroatoms. The maximum atomic E-state index is 14.2. The molecule has 1 aromatic heterocycles. The van der Waals surface area contributed by atoms with Gasteiger partial charge < -0.3 is 14.8 Å². The molecule has 1 heterocycles. The molecule has 1 N–H and O–H groups in total. The second-order valence-electron chi connectivity index (χ2n) is 9.31. The van der Waals surface area contributed by atoms with Gasteiger partial charge in [0.05, 0.1) is 19.2 Å². The SMILES string of the molecule is CCOc1ccc([C@@H](C(=O)NCc2ccccc2)N(C(=O)Cn2nnc3ccccc32)c2cccc(OC)c2)cc1. The van der Waals surface area contributed by atoms with E-state index < -0.39 is 6.04 Å². The zero-order valence-electron chi connectivity index (χ0n) is 22.9. The average molecular weight is 550 g/mol. The minimum Gasteiger partial charge on any atom is -0.497 e. The summed E-state index contributed by atoms with van der Waals surface area (Å²) >= 11 is 0. The average Bonchev–Trinajstić information content (AvgIpc) is 3.42. The van der Waals surface area contributed by atoms with Crippen molar-refractivity contribution in [3.8, 4) is 11.5 Å². The van der Waals surface area contributed by atoms with Crippen LogP contribution in [0.1, 0.15) is 24.1 Å². The molecule has 0 saturated heterocycles. The summed E-state index contributed by atoms with van der Waals surface area (Å²) in [5, 5.41) is 11.4. The summed E-state index contributed by atoms with van der Waals surface area (Å²) in [5.41, 5.74) is 3.47. The van der Waals surface area contributed by atoms with Gasteiger partial charge in [-0.3, -0.25) is 14.5 Å². The maximum absolute atomic E-state index is 14.2. The molecule has 0 radical (unpaired) electrons. The lowest BCUT2D eigenvalue weighted by Gasteiger charge is -2.32. The number of amides is 2. The summed E-state index contributed by atoms with van der Waals surface area (Å²) in [4.78, 5) is 29.7. The summed E-state index contributed by atoms with van der Waals surface area (Å²) in [6.45, 7) is 2.60. The van der Waals surface area contributed by atoms with Crippen LogP contribution in [0.2, 0.25) is 0 Å². The van der Waals surface area contributed by atoms with Gasteiger partial charge in [-0.15, -0.1) is 5.10 Å². The molecule has 9 nitrogen and oxygen atoms in total. The van der Waals surface area contributed by atoms with E-state index in [0.29, 0.717) is 41.4 Å². The van der Waals surface area contributed by atoms with Crippen LogP contribution in [-0.2, 0) is 22.7 Å². The lowest BCUT2D eigenvalue weighted by Crippen LogP contribution is -2.45. The summed E-state index contributed by atoms with van der Waals surface area (Å²) in [7, 11) is 1.56. The zero-order chi connectivity index (χ0) is 28.6. The molecule has 208 valence electrons. The fourth-order valence-electron chi connectivity index (χ4n) is 4.65. The molecule has 4 aromatic carbocycles. The number of nitrogens with zero attached hydrogens (tertiary/aromatic N) is 4. The van der Waals surface area contributed by atoms with Crippen molar-refractivity contribution in [2.24, 2.45) is 0 Å². The second-order valence-corrected chi connectivity index (χ2v) is 9.31. The first kappa shape index (κ1) is 27.4. The van der Waals surface area contributed by atoms with E-state index in [2.05, 4.69) is 15.6 Å². The Morgan fingerprint density at radius 2 is 1.66 bits per heavy atom. The first-order valence-electron chi connectivity index (χ1n) is 13.4. The van der Waals surface area contributed by atoms with Crippen molar-refractivity contribution in [3.63, 3.8) is 0 Å². The van der Waals surface area contributed by atoms with E-state index in [0.717, 1.165) is 11.1 Å². The minimum absolute atomic E-state index is 0.128. The van der Waals surface area contributed by atoms with Gasteiger partial charge in [0.25, 0.3) is 0 Å². The van der Waals surface area contributed by atoms with E-state index in [4.69, 9.17) is 9.47 Å². The number of benzene rings is 4. The van der Waals surface area contributed by atoms with Gasteiger partial charge in [-0.2, -0.15) is 0 Å². The van der Waals surface area contributed by atoms with Crippen LogP contribution >= 0.6 is 0 Å². The van der Waals surface area contributed by atoms with E-state index in [1.54, 1.807) is 48.2 Å². The monoisotopic (exact) mass is 549 g/mol. The number of carbonyl (C=O) groups excluding carboxylic acids is 2. The number of fused-ring (bicyclic) bond motifs is 1. The molecule has 5 aromatic rings. The lowest BCUT2D eigenvalue weighted by molar-refractivity contribution is -0.127. The number of aromatic nitrogens is 3. The molecule has 5 rings (SSSR count). The van der Waals surface area contributed by atoms with Crippen molar-refractivity contribution in [2.75, 3.05) is 18.6 Å². The predicted octanol–water partition coefficient (Wildman–Crippen LogP) is 4.93. The zero-order valence-corrected chi connectivity index (χ0v) is 22.9. The fourth-order valence-corrected chi connectivity index (χ4v) is 4.65. The van der Waals surface area contributed by atoms with E-state index in [9.17, 15) is 9.59 Å². The van der Waals surface area contributed by atoms with Crippen LogP contribution in [0.5, 0.6) is 11.5 Å². The number of carbonyl (C=O) groups is 2. The highest BCUT2D eigenvalue weighted by Gasteiger charge is 2.33. The van der Waals surface area contributed by atoms with Crippen LogP contribution in [-0.4, -0.2) is 40.5 Å². The number of ether oxygens (including phenoxy) is 2. The molecule has 2 amide bonds. The lowest BCUT2D eigenvalue weighted by atomic mass is 10.0. The van der Waals surface area contributed by atoms with E-state index in [1.165, 1.54) is 4.90 Å². The molecule has 41 heavy (non-hydrogen) atoms. The molecular weight excluding hydrogens is 518 g/mol. The van der Waals surface area contributed by atoms with Crippen molar-refractivity contribution in [1.29, 1.82) is 0 Å². The third-order valence-electron chi connectivity index (χ3n) is 6.63. The van der Waals surface area contributed by atoms with Gasteiger partial charge in [0, 0.05) is 18.3 Å². The molecule has 1 atom stereocenters. The highest BCUT2D eigenvalue weighted by molar-refractivity contribution is 6.01. The molecule has 0 unspecified atom stereocenters. The first-order chi connectivity index (χ1) is 20.1. The highest BCUT2D eigenvalue weighted by Crippen LogP contribution is 2.32. The normalized spacial score (nSPS) is 11.6. The Labute approximate surface area is 238 Å². The van der Waals surface area contributed by atoms with Gasteiger partial charge in [0.15, 0.2) is 0 Å². The fraction of sp³-hybridized carbons (Fsp3) is 0.188. The first-order valence-corrected chi connectivity index (χ1v) is 13.4. The Morgan fingerprint density at radius 3 is 2.41 bits per heavy atom. The number of para-hydroxylation sites is 1. The van der Waals surface area contributed by atoms with Gasteiger partial charge in [0.2, 0.25) is 11.8 Å².